The van der Waals surface area contributed by atoms with E-state index < -0.39 is 0 Å². The molecular weight excluding hydrogens is 326 g/mol. The fraction of sp³-hybridized carbons (Fsp3) is 0.238. The van der Waals surface area contributed by atoms with Crippen LogP contribution in [0, 0.1) is 0 Å². The van der Waals surface area contributed by atoms with Gasteiger partial charge in [0.05, 0.1) is 11.3 Å². The normalized spacial score (nSPS) is 15.2. The highest BCUT2D eigenvalue weighted by Gasteiger charge is 2.13. The van der Waals surface area contributed by atoms with Crippen LogP contribution in [0.4, 0.5) is 5.69 Å². The molecule has 0 aliphatic carbocycles. The molecule has 3 aromatic rings. The molecular formula is C21H21N3O2. The molecule has 4 rings (SSSR count). The molecule has 2 aromatic carbocycles. The third-order valence-electron chi connectivity index (χ3n) is 4.87. The van der Waals surface area contributed by atoms with E-state index in [1.165, 1.54) is 18.4 Å². The first-order valence-electron chi connectivity index (χ1n) is 8.91. The van der Waals surface area contributed by atoms with E-state index in [-0.39, 0.29) is 11.4 Å². The van der Waals surface area contributed by atoms with Gasteiger partial charge in [0, 0.05) is 23.5 Å². The van der Waals surface area contributed by atoms with E-state index >= 15 is 0 Å². The first kappa shape index (κ1) is 16.5. The van der Waals surface area contributed by atoms with E-state index in [2.05, 4.69) is 20.9 Å². The number of aromatic amines is 1. The minimum absolute atomic E-state index is 0.158. The number of nitrogens with one attached hydrogen (secondary N) is 1. The van der Waals surface area contributed by atoms with Gasteiger partial charge in [0.2, 0.25) is 5.88 Å². The Kier molecular flexibility index (Phi) is 4.54. The maximum Gasteiger partial charge on any atom is 0.258 e. The molecule has 0 saturated carbocycles. The molecule has 132 valence electrons. The Morgan fingerprint density at radius 1 is 1.04 bits per heavy atom. The minimum Gasteiger partial charge on any atom is -0.494 e. The number of hydrogen-bond donors (Lipinski definition) is 2. The summed E-state index contributed by atoms with van der Waals surface area (Å²) in [5.74, 6) is -0.158. The molecule has 0 unspecified atom stereocenters. The number of fused-ring (bicyclic) bond motifs is 1. The van der Waals surface area contributed by atoms with Gasteiger partial charge in [0.15, 0.2) is 0 Å². The van der Waals surface area contributed by atoms with Gasteiger partial charge in [-0.3, -0.25) is 19.7 Å². The number of benzene rings is 2. The zero-order valence-corrected chi connectivity index (χ0v) is 14.5. The first-order chi connectivity index (χ1) is 12.7. The van der Waals surface area contributed by atoms with Gasteiger partial charge in [-0.15, -0.1) is 0 Å². The Bertz CT molecular complexity index is 1020. The highest BCUT2D eigenvalue weighted by Crippen LogP contribution is 2.25. The van der Waals surface area contributed by atoms with Gasteiger partial charge in [0.1, 0.15) is 0 Å². The smallest absolute Gasteiger partial charge is 0.258 e. The second-order valence-electron chi connectivity index (χ2n) is 6.63. The molecule has 1 aliphatic heterocycles. The summed E-state index contributed by atoms with van der Waals surface area (Å²) in [4.78, 5) is 21.6. The lowest BCUT2D eigenvalue weighted by Crippen LogP contribution is -2.18. The predicted molar refractivity (Wildman–Crippen MR) is 104 cm³/mol. The fourth-order valence-corrected chi connectivity index (χ4v) is 3.50. The topological polar surface area (TPSA) is 68.7 Å². The van der Waals surface area contributed by atoms with Gasteiger partial charge in [-0.05, 0) is 43.6 Å². The van der Waals surface area contributed by atoms with Gasteiger partial charge in [-0.2, -0.15) is 0 Å². The second kappa shape index (κ2) is 7.14. The standard InChI is InChI=1S/C21H21N3O2/c25-20-17-9-3-2-8-16(17)18(21(26)23-20)13-22-19-10-4-1-7-15(19)14-24-11-5-6-12-24/h1-4,7-10,13H,5-6,11-12,14H2,(H2,23,25,26). The molecule has 1 saturated heterocycles. The number of likely N-dealkylation sites (tertiary alicyclic amines) is 1. The summed E-state index contributed by atoms with van der Waals surface area (Å²) in [6, 6.07) is 15.3. The number of aromatic hydroxyl groups is 1. The van der Waals surface area contributed by atoms with E-state index in [1.54, 1.807) is 18.3 Å². The van der Waals surface area contributed by atoms with Crippen molar-refractivity contribution >= 4 is 22.7 Å². The lowest BCUT2D eigenvalue weighted by Gasteiger charge is -2.15. The minimum atomic E-state index is -0.301. The van der Waals surface area contributed by atoms with Crippen molar-refractivity contribution in [3.8, 4) is 5.88 Å². The van der Waals surface area contributed by atoms with E-state index in [4.69, 9.17) is 0 Å². The van der Waals surface area contributed by atoms with Crippen LogP contribution in [0.5, 0.6) is 5.88 Å². The third-order valence-corrected chi connectivity index (χ3v) is 4.87. The Morgan fingerprint density at radius 2 is 1.73 bits per heavy atom. The van der Waals surface area contributed by atoms with Gasteiger partial charge in [-0.1, -0.05) is 36.4 Å². The Labute approximate surface area is 151 Å². The molecule has 2 N–H and O–H groups in total. The van der Waals surface area contributed by atoms with E-state index in [1.807, 2.05) is 30.3 Å². The van der Waals surface area contributed by atoms with Crippen molar-refractivity contribution in [3.63, 3.8) is 0 Å². The summed E-state index contributed by atoms with van der Waals surface area (Å²) < 4.78 is 0. The summed E-state index contributed by atoms with van der Waals surface area (Å²) in [5.41, 5.74) is 2.27. The van der Waals surface area contributed by atoms with Gasteiger partial charge in [0.25, 0.3) is 5.56 Å². The van der Waals surface area contributed by atoms with Crippen LogP contribution in [0.2, 0.25) is 0 Å². The summed E-state index contributed by atoms with van der Waals surface area (Å²) >= 11 is 0. The zero-order chi connectivity index (χ0) is 17.9. The van der Waals surface area contributed by atoms with Crippen molar-refractivity contribution in [2.75, 3.05) is 13.1 Å². The molecule has 0 radical (unpaired) electrons. The lowest BCUT2D eigenvalue weighted by atomic mass is 10.1. The van der Waals surface area contributed by atoms with Crippen molar-refractivity contribution in [2.24, 2.45) is 4.99 Å². The average Bonchev–Trinajstić information content (AvgIpc) is 3.16. The lowest BCUT2D eigenvalue weighted by molar-refractivity contribution is 0.332. The molecule has 5 nitrogen and oxygen atoms in total. The maximum atomic E-state index is 12.0. The van der Waals surface area contributed by atoms with Crippen molar-refractivity contribution < 1.29 is 5.11 Å². The molecule has 1 aliphatic rings. The van der Waals surface area contributed by atoms with Crippen LogP contribution in [0.25, 0.3) is 10.8 Å². The quantitative estimate of drug-likeness (QED) is 0.709. The van der Waals surface area contributed by atoms with Crippen molar-refractivity contribution in [1.29, 1.82) is 0 Å². The highest BCUT2D eigenvalue weighted by atomic mass is 16.3. The van der Waals surface area contributed by atoms with Crippen LogP contribution < -0.4 is 5.56 Å². The first-order valence-corrected chi connectivity index (χ1v) is 8.91. The summed E-state index contributed by atoms with van der Waals surface area (Å²) in [7, 11) is 0. The van der Waals surface area contributed by atoms with Gasteiger partial charge >= 0.3 is 0 Å². The average molecular weight is 347 g/mol. The summed E-state index contributed by atoms with van der Waals surface area (Å²) in [6.07, 6.45) is 4.14. The number of aliphatic imine (C=N–C) groups is 1. The van der Waals surface area contributed by atoms with Crippen LogP contribution >= 0.6 is 0 Å². The Morgan fingerprint density at radius 3 is 2.54 bits per heavy atom. The van der Waals surface area contributed by atoms with Crippen LogP contribution in [-0.2, 0) is 6.54 Å². The predicted octanol–water partition coefficient (Wildman–Crippen LogP) is 3.58. The molecule has 2 heterocycles. The number of nitrogens with zero attached hydrogens (tertiary/aromatic N) is 2. The molecule has 0 spiro atoms. The van der Waals surface area contributed by atoms with Crippen molar-refractivity contribution in [1.82, 2.24) is 9.88 Å². The Balaban J connectivity index is 1.71. The number of hydrogen-bond acceptors (Lipinski definition) is 4. The third kappa shape index (κ3) is 3.26. The molecule has 0 atom stereocenters. The van der Waals surface area contributed by atoms with E-state index in [0.717, 1.165) is 25.3 Å². The van der Waals surface area contributed by atoms with Crippen LogP contribution in [0.3, 0.4) is 0 Å². The number of H-pyrrole nitrogens is 1. The van der Waals surface area contributed by atoms with Crippen LogP contribution in [0.15, 0.2) is 58.3 Å². The maximum absolute atomic E-state index is 12.0. The summed E-state index contributed by atoms with van der Waals surface area (Å²) in [6.45, 7) is 3.14. The Hall–Kier alpha value is -2.92. The van der Waals surface area contributed by atoms with Crippen LogP contribution in [-0.4, -0.2) is 34.3 Å². The zero-order valence-electron chi connectivity index (χ0n) is 14.5. The van der Waals surface area contributed by atoms with Crippen LogP contribution in [0.1, 0.15) is 24.0 Å². The molecule has 0 bridgehead atoms. The van der Waals surface area contributed by atoms with E-state index in [9.17, 15) is 9.90 Å². The number of rotatable bonds is 4. The number of pyridine rings is 1. The van der Waals surface area contributed by atoms with Gasteiger partial charge in [-0.25, -0.2) is 0 Å². The van der Waals surface area contributed by atoms with Gasteiger partial charge < -0.3 is 5.11 Å². The van der Waals surface area contributed by atoms with Crippen molar-refractivity contribution in [2.45, 2.75) is 19.4 Å². The molecule has 0 amide bonds. The highest BCUT2D eigenvalue weighted by molar-refractivity contribution is 6.01. The molecule has 1 fully saturated rings. The largest absolute Gasteiger partial charge is 0.494 e. The van der Waals surface area contributed by atoms with Crippen molar-refractivity contribution in [3.05, 3.63) is 70.0 Å². The van der Waals surface area contributed by atoms with E-state index in [0.29, 0.717) is 16.3 Å². The fourth-order valence-electron chi connectivity index (χ4n) is 3.50. The number of para-hydroxylation sites is 1. The molecule has 1 aromatic heterocycles. The molecule has 5 heteroatoms. The number of aromatic nitrogens is 1. The summed E-state index contributed by atoms with van der Waals surface area (Å²) in [5, 5.41) is 11.4. The monoisotopic (exact) mass is 347 g/mol. The SMILES string of the molecule is O=c1[nH]c(O)c(C=Nc2ccccc2CN2CCCC2)c2ccccc12. The second-order valence-corrected chi connectivity index (χ2v) is 6.63. The molecule has 26 heavy (non-hydrogen) atoms.